The van der Waals surface area contributed by atoms with Crippen molar-refractivity contribution in [2.75, 3.05) is 10.6 Å². The van der Waals surface area contributed by atoms with Gasteiger partial charge < -0.3 is 20.7 Å². The average molecular weight is 453 g/mol. The van der Waals surface area contributed by atoms with Gasteiger partial charge in [-0.1, -0.05) is 12.1 Å². The molecule has 0 unspecified atom stereocenters. The molecule has 146 valence electrons. The van der Waals surface area contributed by atoms with E-state index in [0.717, 1.165) is 26.8 Å². The molecule has 0 aliphatic carbocycles. The molecule has 0 spiro atoms. The van der Waals surface area contributed by atoms with Crippen LogP contribution in [0.2, 0.25) is 0 Å². The van der Waals surface area contributed by atoms with Crippen LogP contribution in [0.15, 0.2) is 59.3 Å². The number of carbonyl (C=O) groups is 1. The molecule has 0 amide bonds. The topological polar surface area (TPSA) is 116 Å². The summed E-state index contributed by atoms with van der Waals surface area (Å²) < 4.78 is 0.747. The Morgan fingerprint density at radius 3 is 2.86 bits per heavy atom. The summed E-state index contributed by atoms with van der Waals surface area (Å²) in [7, 11) is 0. The highest BCUT2D eigenvalue weighted by molar-refractivity contribution is 9.10. The number of aromatic nitrogens is 4. The maximum atomic E-state index is 10.9. The highest BCUT2D eigenvalue weighted by Gasteiger charge is 2.08. The molecule has 1 aromatic carbocycles. The van der Waals surface area contributed by atoms with Crippen molar-refractivity contribution in [1.29, 1.82) is 0 Å². The van der Waals surface area contributed by atoms with Gasteiger partial charge in [0.2, 0.25) is 5.95 Å². The number of nitrogens with zero attached hydrogens (tertiary/aromatic N) is 3. The molecule has 0 atom stereocenters. The zero-order valence-electron chi connectivity index (χ0n) is 15.2. The number of aliphatic carboxylic acids is 1. The molecule has 3 aromatic heterocycles. The zero-order valence-corrected chi connectivity index (χ0v) is 16.8. The van der Waals surface area contributed by atoms with E-state index in [9.17, 15) is 4.79 Å². The van der Waals surface area contributed by atoms with Crippen LogP contribution in [0.1, 0.15) is 11.4 Å². The van der Waals surface area contributed by atoms with Crippen LogP contribution in [0.5, 0.6) is 0 Å². The summed E-state index contributed by atoms with van der Waals surface area (Å²) >= 11 is 3.46. The third-order valence-corrected chi connectivity index (χ3v) is 4.76. The standard InChI is InChI=1S/C20H17BrN6O2/c21-16-11-24-20(27-19(16)23-10-14-3-1-2-6-22-14)26-13-5-4-12-7-15(9-18(28)29)25-17(12)8-13/h1-8,11,25H,9-10H2,(H,28,29)(H2,23,24,26,27). The van der Waals surface area contributed by atoms with E-state index in [1.165, 1.54) is 0 Å². The van der Waals surface area contributed by atoms with Gasteiger partial charge in [0.1, 0.15) is 5.82 Å². The minimum absolute atomic E-state index is 0.0431. The molecule has 8 nitrogen and oxygen atoms in total. The number of aromatic amines is 1. The first-order valence-electron chi connectivity index (χ1n) is 8.83. The van der Waals surface area contributed by atoms with Gasteiger partial charge in [-0.25, -0.2) is 4.98 Å². The lowest BCUT2D eigenvalue weighted by Gasteiger charge is -2.10. The SMILES string of the molecule is O=C(O)Cc1cc2ccc(Nc3ncc(Br)c(NCc4ccccn4)n3)cc2[nH]1. The van der Waals surface area contributed by atoms with Gasteiger partial charge in [-0.05, 0) is 51.6 Å². The normalized spacial score (nSPS) is 10.8. The molecule has 4 aromatic rings. The van der Waals surface area contributed by atoms with Crippen molar-refractivity contribution in [2.24, 2.45) is 0 Å². The molecular weight excluding hydrogens is 436 g/mol. The summed E-state index contributed by atoms with van der Waals surface area (Å²) in [6, 6.07) is 13.3. The fourth-order valence-electron chi connectivity index (χ4n) is 2.88. The Labute approximate surface area is 174 Å². The van der Waals surface area contributed by atoms with Crippen LogP contribution in [-0.4, -0.2) is 31.0 Å². The van der Waals surface area contributed by atoms with Gasteiger partial charge in [0, 0.05) is 29.3 Å². The van der Waals surface area contributed by atoms with Crippen LogP contribution < -0.4 is 10.6 Å². The average Bonchev–Trinajstić information content (AvgIpc) is 3.10. The van der Waals surface area contributed by atoms with Gasteiger partial charge in [0.05, 0.1) is 23.1 Å². The highest BCUT2D eigenvalue weighted by atomic mass is 79.9. The molecule has 0 saturated carbocycles. The number of rotatable bonds is 7. The second-order valence-electron chi connectivity index (χ2n) is 6.36. The van der Waals surface area contributed by atoms with Crippen LogP contribution in [0, 0.1) is 0 Å². The Bertz CT molecular complexity index is 1160. The first-order valence-corrected chi connectivity index (χ1v) is 9.63. The lowest BCUT2D eigenvalue weighted by Crippen LogP contribution is -2.06. The molecule has 3 heterocycles. The van der Waals surface area contributed by atoms with E-state index < -0.39 is 5.97 Å². The van der Waals surface area contributed by atoms with E-state index in [1.54, 1.807) is 12.4 Å². The number of fused-ring (bicyclic) bond motifs is 1. The maximum Gasteiger partial charge on any atom is 0.309 e. The van der Waals surface area contributed by atoms with E-state index in [2.05, 4.69) is 46.5 Å². The van der Waals surface area contributed by atoms with E-state index in [0.29, 0.717) is 24.0 Å². The number of benzene rings is 1. The predicted octanol–water partition coefficient (Wildman–Crippen LogP) is 4.10. The Kier molecular flexibility index (Phi) is 5.39. The van der Waals surface area contributed by atoms with Crippen LogP contribution in [0.3, 0.4) is 0 Å². The number of halogens is 1. The molecular formula is C20H17BrN6O2. The zero-order chi connectivity index (χ0) is 20.2. The van der Waals surface area contributed by atoms with Crippen molar-refractivity contribution in [1.82, 2.24) is 19.9 Å². The van der Waals surface area contributed by atoms with Crippen LogP contribution in [0.4, 0.5) is 17.5 Å². The van der Waals surface area contributed by atoms with Crippen molar-refractivity contribution < 1.29 is 9.90 Å². The summed E-state index contributed by atoms with van der Waals surface area (Å²) in [5.74, 6) is 0.218. The van der Waals surface area contributed by atoms with Crippen molar-refractivity contribution in [3.63, 3.8) is 0 Å². The largest absolute Gasteiger partial charge is 0.481 e. The van der Waals surface area contributed by atoms with E-state index in [-0.39, 0.29) is 6.42 Å². The Balaban J connectivity index is 1.50. The summed E-state index contributed by atoms with van der Waals surface area (Å²) in [5.41, 5.74) is 3.20. The Morgan fingerprint density at radius 2 is 2.07 bits per heavy atom. The van der Waals surface area contributed by atoms with Crippen molar-refractivity contribution in [2.45, 2.75) is 13.0 Å². The number of carboxylic acids is 1. The van der Waals surface area contributed by atoms with E-state index >= 15 is 0 Å². The van der Waals surface area contributed by atoms with Crippen LogP contribution in [0.25, 0.3) is 10.9 Å². The van der Waals surface area contributed by atoms with Gasteiger partial charge in [-0.15, -0.1) is 0 Å². The third kappa shape index (κ3) is 4.69. The summed E-state index contributed by atoms with van der Waals surface area (Å²) in [5, 5.41) is 16.3. The van der Waals surface area contributed by atoms with E-state index in [1.807, 2.05) is 42.5 Å². The predicted molar refractivity (Wildman–Crippen MR) is 114 cm³/mol. The second-order valence-corrected chi connectivity index (χ2v) is 7.21. The molecule has 4 rings (SSSR count). The van der Waals surface area contributed by atoms with Crippen molar-refractivity contribution in [3.05, 3.63) is 70.7 Å². The van der Waals surface area contributed by atoms with Gasteiger partial charge in [-0.2, -0.15) is 4.98 Å². The number of anilines is 3. The number of pyridine rings is 1. The third-order valence-electron chi connectivity index (χ3n) is 4.18. The van der Waals surface area contributed by atoms with Crippen LogP contribution >= 0.6 is 15.9 Å². The summed E-state index contributed by atoms with van der Waals surface area (Å²) in [6.07, 6.45) is 3.38. The first kappa shape index (κ1) is 18.9. The monoisotopic (exact) mass is 452 g/mol. The lowest BCUT2D eigenvalue weighted by atomic mass is 10.2. The molecule has 0 radical (unpaired) electrons. The van der Waals surface area contributed by atoms with Gasteiger partial charge in [0.15, 0.2) is 0 Å². The number of hydrogen-bond acceptors (Lipinski definition) is 6. The first-order chi connectivity index (χ1) is 14.1. The quantitative estimate of drug-likeness (QED) is 0.333. The molecule has 0 fully saturated rings. The summed E-state index contributed by atoms with van der Waals surface area (Å²) in [4.78, 5) is 27.1. The molecule has 0 bridgehead atoms. The number of hydrogen-bond donors (Lipinski definition) is 4. The minimum Gasteiger partial charge on any atom is -0.481 e. The van der Waals surface area contributed by atoms with E-state index in [4.69, 9.17) is 5.11 Å². The fourth-order valence-corrected chi connectivity index (χ4v) is 3.21. The Hall–Kier alpha value is -3.46. The second kappa shape index (κ2) is 8.27. The maximum absolute atomic E-state index is 10.9. The highest BCUT2D eigenvalue weighted by Crippen LogP contribution is 2.25. The smallest absolute Gasteiger partial charge is 0.309 e. The van der Waals surface area contributed by atoms with Crippen LogP contribution in [-0.2, 0) is 17.8 Å². The minimum atomic E-state index is -0.871. The number of nitrogens with one attached hydrogen (secondary N) is 3. The Morgan fingerprint density at radius 1 is 1.17 bits per heavy atom. The van der Waals surface area contributed by atoms with Gasteiger partial charge in [-0.3, -0.25) is 9.78 Å². The van der Waals surface area contributed by atoms with Crippen molar-refractivity contribution in [3.8, 4) is 0 Å². The number of H-pyrrole nitrogens is 1. The molecule has 0 aliphatic heterocycles. The van der Waals surface area contributed by atoms with Crippen molar-refractivity contribution >= 4 is 50.3 Å². The molecule has 29 heavy (non-hydrogen) atoms. The van der Waals surface area contributed by atoms with Gasteiger partial charge >= 0.3 is 5.97 Å². The molecule has 9 heteroatoms. The fraction of sp³-hybridized carbons (Fsp3) is 0.100. The molecule has 0 saturated heterocycles. The van der Waals surface area contributed by atoms with Gasteiger partial charge in [0.25, 0.3) is 0 Å². The number of carboxylic acid groups (broad SMARTS) is 1. The molecule has 4 N–H and O–H groups in total. The lowest BCUT2D eigenvalue weighted by molar-refractivity contribution is -0.136. The molecule has 0 aliphatic rings. The summed E-state index contributed by atoms with van der Waals surface area (Å²) in [6.45, 7) is 0.538.